The van der Waals surface area contributed by atoms with Crippen LogP contribution in [-0.2, 0) is 0 Å². The number of hydrogen-bond acceptors (Lipinski definition) is 4. The lowest BCUT2D eigenvalue weighted by molar-refractivity contribution is 0.911. The zero-order valence-electron chi connectivity index (χ0n) is 26.5. The van der Waals surface area contributed by atoms with E-state index in [0.717, 1.165) is 55.5 Å². The first kappa shape index (κ1) is 28.5. The maximum Gasteiger partial charge on any atom is 0.164 e. The molecule has 0 aliphatic heterocycles. The van der Waals surface area contributed by atoms with Crippen LogP contribution in [0.1, 0.15) is 0 Å². The highest BCUT2D eigenvalue weighted by atomic mass is 15.3. The molecule has 5 heteroatoms. The molecule has 0 bridgehead atoms. The summed E-state index contributed by atoms with van der Waals surface area (Å²) in [6, 6.07) is 58.6. The van der Waals surface area contributed by atoms with Crippen LogP contribution in [0.4, 0.5) is 0 Å². The van der Waals surface area contributed by atoms with Crippen LogP contribution in [0.25, 0.3) is 83.8 Å². The molecule has 0 fully saturated rings. The minimum Gasteiger partial charge on any atom is -0.233 e. The molecule has 0 saturated heterocycles. The Morgan fingerprint density at radius 3 is 1.49 bits per heavy atom. The first-order valence-electron chi connectivity index (χ1n) is 16.3. The molecule has 0 aliphatic rings. The highest BCUT2D eigenvalue weighted by Gasteiger charge is 2.14. The minimum absolute atomic E-state index is 0.637. The van der Waals surface area contributed by atoms with Gasteiger partial charge in [-0.05, 0) is 63.4 Å². The summed E-state index contributed by atoms with van der Waals surface area (Å²) >= 11 is 0. The molecule has 9 aromatic rings. The van der Waals surface area contributed by atoms with Crippen LogP contribution in [0, 0.1) is 0 Å². The Balaban J connectivity index is 1.08. The average molecular weight is 628 g/mol. The number of hydrogen-bond donors (Lipinski definition) is 0. The van der Waals surface area contributed by atoms with Gasteiger partial charge in [-0.1, -0.05) is 140 Å². The van der Waals surface area contributed by atoms with E-state index in [1.165, 1.54) is 10.8 Å². The number of rotatable bonds is 6. The van der Waals surface area contributed by atoms with E-state index in [1.807, 2.05) is 71.5 Å². The summed E-state index contributed by atoms with van der Waals surface area (Å²) in [5.74, 6) is 1.93. The molecule has 0 aliphatic carbocycles. The van der Waals surface area contributed by atoms with Gasteiger partial charge >= 0.3 is 0 Å². The first-order chi connectivity index (χ1) is 24.3. The van der Waals surface area contributed by atoms with Gasteiger partial charge in [0.2, 0.25) is 0 Å². The quantitative estimate of drug-likeness (QED) is 0.184. The minimum atomic E-state index is 0.637. The van der Waals surface area contributed by atoms with Crippen LogP contribution >= 0.6 is 0 Å². The molecule has 0 atom stereocenters. The van der Waals surface area contributed by atoms with E-state index in [9.17, 15) is 0 Å². The van der Waals surface area contributed by atoms with Crippen molar-refractivity contribution in [3.8, 4) is 62.1 Å². The fourth-order valence-electron chi connectivity index (χ4n) is 6.46. The average Bonchev–Trinajstić information content (AvgIpc) is 3.64. The molecule has 0 spiro atoms. The monoisotopic (exact) mass is 627 g/mol. The summed E-state index contributed by atoms with van der Waals surface area (Å²) in [6.45, 7) is 0. The van der Waals surface area contributed by atoms with Gasteiger partial charge in [0.25, 0.3) is 0 Å². The van der Waals surface area contributed by atoms with Gasteiger partial charge in [-0.25, -0.2) is 19.6 Å². The van der Waals surface area contributed by atoms with E-state index >= 15 is 0 Å². The third kappa shape index (κ3) is 5.43. The van der Waals surface area contributed by atoms with Gasteiger partial charge in [0.05, 0.1) is 17.4 Å². The van der Waals surface area contributed by atoms with Crippen LogP contribution in [0.5, 0.6) is 0 Å². The fourth-order valence-corrected chi connectivity index (χ4v) is 6.46. The molecule has 2 heterocycles. The molecule has 0 saturated carbocycles. The zero-order valence-corrected chi connectivity index (χ0v) is 26.5. The second-order valence-corrected chi connectivity index (χ2v) is 12.0. The SMILES string of the molecule is c1ccc(-c2nc(-c3ccccc3)nc(-c3cccc(-c4cccc(-c5cccc(-n6ncc7c8ccccc8ccc76)c5)c4)c3)n2)cc1. The maximum absolute atomic E-state index is 4.94. The van der Waals surface area contributed by atoms with E-state index in [0.29, 0.717) is 17.5 Å². The molecule has 0 unspecified atom stereocenters. The van der Waals surface area contributed by atoms with Crippen molar-refractivity contribution in [3.63, 3.8) is 0 Å². The number of aromatic nitrogens is 5. The van der Waals surface area contributed by atoms with Crippen molar-refractivity contribution in [1.82, 2.24) is 24.7 Å². The zero-order chi connectivity index (χ0) is 32.6. The Kier molecular flexibility index (Phi) is 7.06. The molecular formula is C44H29N5. The smallest absolute Gasteiger partial charge is 0.164 e. The molecule has 49 heavy (non-hydrogen) atoms. The van der Waals surface area contributed by atoms with Crippen LogP contribution in [0.3, 0.4) is 0 Å². The van der Waals surface area contributed by atoms with E-state index in [1.54, 1.807) is 0 Å². The van der Waals surface area contributed by atoms with Crippen LogP contribution in [-0.4, -0.2) is 24.7 Å². The van der Waals surface area contributed by atoms with Crippen molar-refractivity contribution in [2.24, 2.45) is 0 Å². The normalized spacial score (nSPS) is 11.3. The highest BCUT2D eigenvalue weighted by Crippen LogP contribution is 2.32. The molecule has 9 rings (SSSR count). The van der Waals surface area contributed by atoms with Crippen molar-refractivity contribution in [2.75, 3.05) is 0 Å². The maximum atomic E-state index is 4.94. The largest absolute Gasteiger partial charge is 0.233 e. The van der Waals surface area contributed by atoms with Crippen LogP contribution in [0.2, 0.25) is 0 Å². The van der Waals surface area contributed by atoms with Gasteiger partial charge in [-0.15, -0.1) is 0 Å². The standard InChI is InChI=1S/C44H29N5/c1-3-13-31(14-4-1)42-46-43(32-15-5-2-6-16-32)48-44(47-42)37-21-10-19-35(27-37)33-17-9-18-34(26-33)36-20-11-22-38(28-36)49-41-25-24-30-12-7-8-23-39(30)40(41)29-45-49/h1-29H. The van der Waals surface area contributed by atoms with Gasteiger partial charge in [-0.2, -0.15) is 5.10 Å². The molecule has 5 nitrogen and oxygen atoms in total. The van der Waals surface area contributed by atoms with Crippen molar-refractivity contribution in [3.05, 3.63) is 176 Å². The van der Waals surface area contributed by atoms with E-state index in [-0.39, 0.29) is 0 Å². The van der Waals surface area contributed by atoms with E-state index < -0.39 is 0 Å². The highest BCUT2D eigenvalue weighted by molar-refractivity contribution is 6.06. The lowest BCUT2D eigenvalue weighted by Crippen LogP contribution is -2.00. The Morgan fingerprint density at radius 1 is 0.347 bits per heavy atom. The topological polar surface area (TPSA) is 56.5 Å². The third-order valence-electron chi connectivity index (χ3n) is 8.92. The number of fused-ring (bicyclic) bond motifs is 3. The van der Waals surface area contributed by atoms with Crippen LogP contribution in [0.15, 0.2) is 176 Å². The molecule has 7 aromatic carbocycles. The second-order valence-electron chi connectivity index (χ2n) is 12.0. The van der Waals surface area contributed by atoms with Crippen LogP contribution < -0.4 is 0 Å². The van der Waals surface area contributed by atoms with Gasteiger partial charge in [-0.3, -0.25) is 0 Å². The summed E-state index contributed by atoms with van der Waals surface area (Å²) in [4.78, 5) is 14.7. The van der Waals surface area contributed by atoms with Gasteiger partial charge < -0.3 is 0 Å². The summed E-state index contributed by atoms with van der Waals surface area (Å²) in [5.41, 5.74) is 9.39. The summed E-state index contributed by atoms with van der Waals surface area (Å²) in [7, 11) is 0. The van der Waals surface area contributed by atoms with E-state index in [2.05, 4.69) is 109 Å². The molecule has 0 radical (unpaired) electrons. The Morgan fingerprint density at radius 2 is 0.837 bits per heavy atom. The number of benzene rings is 7. The van der Waals surface area contributed by atoms with Crippen molar-refractivity contribution < 1.29 is 0 Å². The van der Waals surface area contributed by atoms with Gasteiger partial charge in [0, 0.05) is 22.1 Å². The second kappa shape index (κ2) is 12.1. The fraction of sp³-hybridized carbons (Fsp3) is 0. The summed E-state index contributed by atoms with van der Waals surface area (Å²) in [6.07, 6.45) is 1.97. The summed E-state index contributed by atoms with van der Waals surface area (Å²) in [5, 5.41) is 8.38. The molecular weight excluding hydrogens is 599 g/mol. The molecule has 230 valence electrons. The Bertz CT molecular complexity index is 2550. The van der Waals surface area contributed by atoms with Crippen molar-refractivity contribution in [1.29, 1.82) is 0 Å². The van der Waals surface area contributed by atoms with E-state index in [4.69, 9.17) is 20.1 Å². The van der Waals surface area contributed by atoms with Crippen molar-refractivity contribution >= 4 is 21.7 Å². The Labute approximate surface area is 283 Å². The molecule has 2 aromatic heterocycles. The molecule has 0 N–H and O–H groups in total. The lowest BCUT2D eigenvalue weighted by Gasteiger charge is -2.11. The van der Waals surface area contributed by atoms with Gasteiger partial charge in [0.15, 0.2) is 17.5 Å². The Hall–Kier alpha value is -6.72. The van der Waals surface area contributed by atoms with Gasteiger partial charge in [0.1, 0.15) is 0 Å². The molecule has 0 amide bonds. The predicted molar refractivity (Wildman–Crippen MR) is 199 cm³/mol. The first-order valence-corrected chi connectivity index (χ1v) is 16.3. The van der Waals surface area contributed by atoms with Crippen molar-refractivity contribution in [2.45, 2.75) is 0 Å². The summed E-state index contributed by atoms with van der Waals surface area (Å²) < 4.78 is 2.03. The predicted octanol–water partition coefficient (Wildman–Crippen LogP) is 10.7. The lowest BCUT2D eigenvalue weighted by atomic mass is 9.97. The third-order valence-corrected chi connectivity index (χ3v) is 8.92. The number of nitrogens with zero attached hydrogens (tertiary/aromatic N) is 5.